The molecule has 1 aromatic heterocycles. The molecule has 3 heterocycles. The third kappa shape index (κ3) is 5.31. The minimum Gasteiger partial charge on any atom is -0.455 e. The predicted octanol–water partition coefficient (Wildman–Crippen LogP) is 1.34. The average Bonchev–Trinajstić information content (AvgIpc) is 3.39. The van der Waals surface area contributed by atoms with Crippen molar-refractivity contribution >= 4 is 5.91 Å². The van der Waals surface area contributed by atoms with Crippen LogP contribution in [0.2, 0.25) is 0 Å². The number of hydrogen-bond donors (Lipinski definition) is 1. The van der Waals surface area contributed by atoms with Gasteiger partial charge >= 0.3 is 0 Å². The first kappa shape index (κ1) is 18.9. The SMILES string of the molecule is CN1CCN(Cc2ccc(C(=O)N[C@@H]3COCC[C@@H]3OCC3CC3)o2)CC1. The number of carbonyl (C=O) groups is 1. The standard InChI is InChI=1S/C20H31N3O4/c1-22-7-9-23(10-8-22)12-16-4-5-19(27-16)20(24)21-17-14-25-11-6-18(17)26-13-15-2-3-15/h4-5,15,17-18H,2-3,6-14H2,1H3,(H,21,24)/t17-,18+/m1/s1. The molecule has 7 heteroatoms. The highest BCUT2D eigenvalue weighted by molar-refractivity contribution is 5.91. The second kappa shape index (κ2) is 8.73. The van der Waals surface area contributed by atoms with E-state index in [1.807, 2.05) is 6.07 Å². The van der Waals surface area contributed by atoms with E-state index in [0.29, 0.717) is 24.9 Å². The van der Waals surface area contributed by atoms with E-state index in [0.717, 1.165) is 51.5 Å². The number of likely N-dealkylation sites (N-methyl/N-ethyl adjacent to an activating group) is 1. The van der Waals surface area contributed by atoms with Crippen LogP contribution in [-0.2, 0) is 16.0 Å². The molecule has 0 unspecified atom stereocenters. The molecule has 7 nitrogen and oxygen atoms in total. The molecule has 1 amide bonds. The number of hydrogen-bond acceptors (Lipinski definition) is 6. The molecular weight excluding hydrogens is 346 g/mol. The largest absolute Gasteiger partial charge is 0.455 e. The Morgan fingerprint density at radius 2 is 2.04 bits per heavy atom. The lowest BCUT2D eigenvalue weighted by Crippen LogP contribution is -2.50. The molecule has 2 saturated heterocycles. The molecule has 0 bridgehead atoms. The molecular formula is C20H31N3O4. The van der Waals surface area contributed by atoms with Gasteiger partial charge in [0.05, 0.1) is 25.3 Å². The van der Waals surface area contributed by atoms with Gasteiger partial charge in [-0.15, -0.1) is 0 Å². The van der Waals surface area contributed by atoms with Gasteiger partial charge in [-0.3, -0.25) is 9.69 Å². The molecule has 1 aliphatic carbocycles. The van der Waals surface area contributed by atoms with Crippen LogP contribution in [0.4, 0.5) is 0 Å². The van der Waals surface area contributed by atoms with Crippen LogP contribution in [0.1, 0.15) is 35.6 Å². The Bertz CT molecular complexity index is 622. The Morgan fingerprint density at radius 1 is 1.22 bits per heavy atom. The fourth-order valence-corrected chi connectivity index (χ4v) is 3.65. The molecule has 3 fully saturated rings. The minimum absolute atomic E-state index is 0.0306. The molecule has 1 N–H and O–H groups in total. The second-order valence-corrected chi connectivity index (χ2v) is 8.10. The summed E-state index contributed by atoms with van der Waals surface area (Å²) in [4.78, 5) is 17.3. The molecule has 27 heavy (non-hydrogen) atoms. The van der Waals surface area contributed by atoms with E-state index < -0.39 is 0 Å². The van der Waals surface area contributed by atoms with Gasteiger partial charge in [0.2, 0.25) is 0 Å². The van der Waals surface area contributed by atoms with Gasteiger partial charge in [0.15, 0.2) is 5.76 Å². The predicted molar refractivity (Wildman–Crippen MR) is 101 cm³/mol. The highest BCUT2D eigenvalue weighted by Gasteiger charge is 2.31. The third-order valence-corrected chi connectivity index (χ3v) is 5.71. The van der Waals surface area contributed by atoms with Crippen LogP contribution < -0.4 is 5.32 Å². The summed E-state index contributed by atoms with van der Waals surface area (Å²) in [5.74, 6) is 1.73. The summed E-state index contributed by atoms with van der Waals surface area (Å²) in [7, 11) is 2.14. The van der Waals surface area contributed by atoms with E-state index in [9.17, 15) is 4.79 Å². The summed E-state index contributed by atoms with van der Waals surface area (Å²) >= 11 is 0. The monoisotopic (exact) mass is 377 g/mol. The first-order chi connectivity index (χ1) is 13.2. The number of ether oxygens (including phenoxy) is 2. The second-order valence-electron chi connectivity index (χ2n) is 8.10. The number of carbonyl (C=O) groups excluding carboxylic acids is 1. The molecule has 3 aliphatic rings. The summed E-state index contributed by atoms with van der Waals surface area (Å²) in [5.41, 5.74) is 0. The summed E-state index contributed by atoms with van der Waals surface area (Å²) in [6.45, 7) is 6.92. The van der Waals surface area contributed by atoms with E-state index in [-0.39, 0.29) is 18.1 Å². The zero-order chi connectivity index (χ0) is 18.6. The van der Waals surface area contributed by atoms with Crippen molar-refractivity contribution in [3.8, 4) is 0 Å². The van der Waals surface area contributed by atoms with E-state index >= 15 is 0 Å². The van der Waals surface area contributed by atoms with Crippen LogP contribution in [-0.4, -0.2) is 80.9 Å². The molecule has 2 aliphatic heterocycles. The van der Waals surface area contributed by atoms with Crippen LogP contribution in [0.15, 0.2) is 16.5 Å². The highest BCUT2D eigenvalue weighted by Crippen LogP contribution is 2.30. The molecule has 1 saturated carbocycles. The maximum atomic E-state index is 12.6. The van der Waals surface area contributed by atoms with Crippen molar-refractivity contribution in [3.63, 3.8) is 0 Å². The van der Waals surface area contributed by atoms with Crippen LogP contribution in [0.25, 0.3) is 0 Å². The number of rotatable bonds is 7. The quantitative estimate of drug-likeness (QED) is 0.774. The zero-order valence-corrected chi connectivity index (χ0v) is 16.2. The maximum absolute atomic E-state index is 12.6. The number of furan rings is 1. The Balaban J connectivity index is 1.28. The maximum Gasteiger partial charge on any atom is 0.287 e. The van der Waals surface area contributed by atoms with Gasteiger partial charge in [-0.2, -0.15) is 0 Å². The first-order valence-electron chi connectivity index (χ1n) is 10.2. The van der Waals surface area contributed by atoms with Crippen LogP contribution >= 0.6 is 0 Å². The van der Waals surface area contributed by atoms with Gasteiger partial charge in [-0.1, -0.05) is 0 Å². The van der Waals surface area contributed by atoms with Crippen LogP contribution in [0.5, 0.6) is 0 Å². The minimum atomic E-state index is -0.185. The Morgan fingerprint density at radius 3 is 2.81 bits per heavy atom. The van der Waals surface area contributed by atoms with Crippen molar-refractivity contribution in [2.75, 3.05) is 53.0 Å². The molecule has 4 rings (SSSR count). The zero-order valence-electron chi connectivity index (χ0n) is 16.2. The van der Waals surface area contributed by atoms with E-state index in [1.165, 1.54) is 12.8 Å². The van der Waals surface area contributed by atoms with Crippen molar-refractivity contribution in [3.05, 3.63) is 23.7 Å². The fraction of sp³-hybridized carbons (Fsp3) is 0.750. The highest BCUT2D eigenvalue weighted by atomic mass is 16.5. The van der Waals surface area contributed by atoms with Gasteiger partial charge in [-0.05, 0) is 44.4 Å². The molecule has 1 aromatic rings. The fourth-order valence-electron chi connectivity index (χ4n) is 3.65. The topological polar surface area (TPSA) is 67.2 Å². The summed E-state index contributed by atoms with van der Waals surface area (Å²) < 4.78 is 17.4. The normalized spacial score (nSPS) is 27.6. The van der Waals surface area contributed by atoms with Crippen molar-refractivity contribution in [1.82, 2.24) is 15.1 Å². The van der Waals surface area contributed by atoms with Gasteiger partial charge in [0.1, 0.15) is 5.76 Å². The number of amides is 1. The number of nitrogens with zero attached hydrogens (tertiary/aromatic N) is 2. The van der Waals surface area contributed by atoms with E-state index in [1.54, 1.807) is 6.07 Å². The smallest absolute Gasteiger partial charge is 0.287 e. The Labute approximate surface area is 161 Å². The van der Waals surface area contributed by atoms with Gasteiger partial charge in [0.25, 0.3) is 5.91 Å². The van der Waals surface area contributed by atoms with Crippen molar-refractivity contribution in [2.24, 2.45) is 5.92 Å². The summed E-state index contributed by atoms with van der Waals surface area (Å²) in [5, 5.41) is 3.05. The molecule has 150 valence electrons. The lowest BCUT2D eigenvalue weighted by atomic mass is 10.1. The Kier molecular flexibility index (Phi) is 6.12. The van der Waals surface area contributed by atoms with Crippen LogP contribution in [0, 0.1) is 5.92 Å². The van der Waals surface area contributed by atoms with Gasteiger partial charge < -0.3 is 24.1 Å². The summed E-state index contributed by atoms with van der Waals surface area (Å²) in [6.07, 6.45) is 3.39. The van der Waals surface area contributed by atoms with Crippen LogP contribution in [0.3, 0.4) is 0 Å². The number of nitrogens with one attached hydrogen (secondary N) is 1. The molecule has 0 radical (unpaired) electrons. The Hall–Kier alpha value is -1.41. The third-order valence-electron chi connectivity index (χ3n) is 5.71. The van der Waals surface area contributed by atoms with Crippen molar-refractivity contribution in [2.45, 2.75) is 38.0 Å². The number of piperazine rings is 1. The van der Waals surface area contributed by atoms with Gasteiger partial charge in [0, 0.05) is 39.4 Å². The van der Waals surface area contributed by atoms with E-state index in [4.69, 9.17) is 13.9 Å². The molecule has 0 spiro atoms. The molecule has 2 atom stereocenters. The van der Waals surface area contributed by atoms with Crippen molar-refractivity contribution in [1.29, 1.82) is 0 Å². The van der Waals surface area contributed by atoms with Gasteiger partial charge in [-0.25, -0.2) is 0 Å². The van der Waals surface area contributed by atoms with E-state index in [2.05, 4.69) is 22.2 Å². The lowest BCUT2D eigenvalue weighted by Gasteiger charge is -2.32. The molecule has 0 aromatic carbocycles. The van der Waals surface area contributed by atoms with Crippen molar-refractivity contribution < 1.29 is 18.7 Å². The first-order valence-corrected chi connectivity index (χ1v) is 10.2. The summed E-state index contributed by atoms with van der Waals surface area (Å²) in [6, 6.07) is 3.56. The average molecular weight is 377 g/mol. The lowest BCUT2D eigenvalue weighted by molar-refractivity contribution is -0.0569.